The van der Waals surface area contributed by atoms with Gasteiger partial charge < -0.3 is 29.9 Å². The van der Waals surface area contributed by atoms with E-state index in [1.807, 2.05) is 19.1 Å². The van der Waals surface area contributed by atoms with Crippen LogP contribution in [0.2, 0.25) is 0 Å². The number of aliphatic hydroxyl groups is 1. The molecule has 3 aromatic rings. The molecule has 1 aliphatic heterocycles. The molecule has 2 aromatic carbocycles. The van der Waals surface area contributed by atoms with E-state index in [1.54, 1.807) is 48.6 Å². The number of anilines is 3. The van der Waals surface area contributed by atoms with Crippen LogP contribution in [0, 0.1) is 6.92 Å². The zero-order valence-corrected chi connectivity index (χ0v) is 26.3. The Kier molecular flexibility index (Phi) is 11.5. The highest BCUT2D eigenvalue weighted by molar-refractivity contribution is 6.04. The third-order valence-electron chi connectivity index (χ3n) is 7.74. The average molecular weight is 629 g/mol. The van der Waals surface area contributed by atoms with Crippen LogP contribution in [0.3, 0.4) is 0 Å². The van der Waals surface area contributed by atoms with Gasteiger partial charge in [0.25, 0.3) is 5.91 Å². The van der Waals surface area contributed by atoms with Crippen molar-refractivity contribution in [3.63, 3.8) is 0 Å². The molecule has 3 amide bonds. The number of unbranched alkanes of at least 4 members (excludes halogenated alkanes) is 1. The molecule has 1 aliphatic rings. The number of aryl methyl sites for hydroxylation is 3. The van der Waals surface area contributed by atoms with Crippen LogP contribution in [0.4, 0.5) is 22.0 Å². The summed E-state index contributed by atoms with van der Waals surface area (Å²) in [5, 5.41) is 16.0. The van der Waals surface area contributed by atoms with Crippen molar-refractivity contribution in [2.24, 2.45) is 7.05 Å². The highest BCUT2D eigenvalue weighted by atomic mass is 16.6. The van der Waals surface area contributed by atoms with Crippen LogP contribution in [0.25, 0.3) is 0 Å². The summed E-state index contributed by atoms with van der Waals surface area (Å²) in [7, 11) is 1.67. The first kappa shape index (κ1) is 33.7. The first-order valence-corrected chi connectivity index (χ1v) is 15.0. The molecule has 0 unspecified atom stereocenters. The van der Waals surface area contributed by atoms with Crippen molar-refractivity contribution < 1.29 is 29.0 Å². The summed E-state index contributed by atoms with van der Waals surface area (Å²) in [6.07, 6.45) is 5.69. The molecule has 12 nitrogen and oxygen atoms in total. The van der Waals surface area contributed by atoms with Crippen LogP contribution in [0.1, 0.15) is 63.4 Å². The molecule has 2 heterocycles. The number of carbonyl (C=O) groups is 4. The topological polar surface area (TPSA) is 146 Å². The summed E-state index contributed by atoms with van der Waals surface area (Å²) in [4.78, 5) is 57.2. The Labute approximate surface area is 268 Å². The summed E-state index contributed by atoms with van der Waals surface area (Å²) in [6, 6.07) is 10.8. The van der Waals surface area contributed by atoms with E-state index < -0.39 is 12.8 Å². The van der Waals surface area contributed by atoms with E-state index >= 15 is 0 Å². The van der Waals surface area contributed by atoms with Crippen LogP contribution in [0.5, 0.6) is 0 Å². The smallest absolute Gasteiger partial charge is 0.416 e. The van der Waals surface area contributed by atoms with Gasteiger partial charge in [0, 0.05) is 38.4 Å². The third-order valence-corrected chi connectivity index (χ3v) is 7.74. The molecule has 12 heteroatoms. The number of hydrogen-bond donors (Lipinski definition) is 3. The molecule has 0 atom stereocenters. The minimum Gasteiger partial charge on any atom is -0.444 e. The molecular weight excluding hydrogens is 588 g/mol. The van der Waals surface area contributed by atoms with Crippen LogP contribution in [-0.2, 0) is 29.6 Å². The highest BCUT2D eigenvalue weighted by Gasteiger charge is 2.29. The molecule has 0 radical (unpaired) electrons. The summed E-state index contributed by atoms with van der Waals surface area (Å²) in [5.74, 6) is 0.0507. The van der Waals surface area contributed by atoms with E-state index in [9.17, 15) is 24.3 Å². The van der Waals surface area contributed by atoms with Crippen molar-refractivity contribution in [2.45, 2.75) is 45.6 Å². The van der Waals surface area contributed by atoms with Crippen molar-refractivity contribution in [3.05, 3.63) is 95.6 Å². The number of benzene rings is 2. The average Bonchev–Trinajstić information content (AvgIpc) is 3.64. The van der Waals surface area contributed by atoms with Gasteiger partial charge in [-0.05, 0) is 79.8 Å². The number of ether oxygens (including phenoxy) is 1. The molecule has 1 aromatic heterocycles. The number of rotatable bonds is 14. The van der Waals surface area contributed by atoms with Crippen molar-refractivity contribution in [3.8, 4) is 0 Å². The van der Waals surface area contributed by atoms with Gasteiger partial charge >= 0.3 is 6.09 Å². The summed E-state index contributed by atoms with van der Waals surface area (Å²) < 4.78 is 7.08. The predicted molar refractivity (Wildman–Crippen MR) is 176 cm³/mol. The largest absolute Gasteiger partial charge is 0.444 e. The van der Waals surface area contributed by atoms with Gasteiger partial charge in [0.05, 0.1) is 11.3 Å². The number of aldehydes is 1. The van der Waals surface area contributed by atoms with Gasteiger partial charge in [-0.15, -0.1) is 0 Å². The first-order chi connectivity index (χ1) is 22.1. The van der Waals surface area contributed by atoms with E-state index in [4.69, 9.17) is 4.74 Å². The van der Waals surface area contributed by atoms with E-state index in [1.165, 1.54) is 4.57 Å². The monoisotopic (exact) mass is 628 g/mol. The maximum atomic E-state index is 13.7. The Morgan fingerprint density at radius 1 is 1.17 bits per heavy atom. The fourth-order valence-corrected chi connectivity index (χ4v) is 5.20. The van der Waals surface area contributed by atoms with Crippen molar-refractivity contribution in [1.29, 1.82) is 0 Å². The standard InChI is InChI=1S/C34H40N6O6/c1-5-35-27-12-10-25(11-13-27)21-46-34(45)40(22-42)29-17-26(24(3)16-28(29)33(44)39-15-14-23(2)18-39)8-6-7-9-32(43)37-30-19-38(4)31(20-41)36-30/h5,10-13,16-17,19-20,35,42H,1-2,6-9,14-15,18,21-22H2,3-4H3,(H,37,43). The summed E-state index contributed by atoms with van der Waals surface area (Å²) >= 11 is 0. The number of likely N-dealkylation sites (tertiary alicyclic amines) is 1. The molecule has 0 spiro atoms. The number of hydrogen-bond acceptors (Lipinski definition) is 8. The van der Waals surface area contributed by atoms with Gasteiger partial charge in [-0.25, -0.2) is 9.78 Å². The second-order valence-corrected chi connectivity index (χ2v) is 11.2. The fourth-order valence-electron chi connectivity index (χ4n) is 5.20. The van der Waals surface area contributed by atoms with E-state index in [-0.39, 0.29) is 41.9 Å². The lowest BCUT2D eigenvalue weighted by Gasteiger charge is -2.26. The van der Waals surface area contributed by atoms with Crippen molar-refractivity contribution in [1.82, 2.24) is 14.5 Å². The normalized spacial score (nSPS) is 12.5. The van der Waals surface area contributed by atoms with Gasteiger partial charge in [-0.1, -0.05) is 30.9 Å². The van der Waals surface area contributed by atoms with E-state index in [0.717, 1.165) is 32.9 Å². The maximum Gasteiger partial charge on any atom is 0.416 e. The second kappa shape index (κ2) is 15.7. The molecule has 0 saturated carbocycles. The number of aromatic nitrogens is 2. The Morgan fingerprint density at radius 2 is 1.93 bits per heavy atom. The van der Waals surface area contributed by atoms with E-state index in [0.29, 0.717) is 50.9 Å². The van der Waals surface area contributed by atoms with Gasteiger partial charge in [0.15, 0.2) is 17.9 Å². The zero-order chi connectivity index (χ0) is 33.2. The Hall–Kier alpha value is -5.23. The SMILES string of the molecule is C=CNc1ccc(COC(=O)N(CO)c2cc(CCCCC(=O)Nc3cn(C)c(C=O)n3)c(C)cc2C(=O)N2CCC(=C)C2)cc1. The van der Waals surface area contributed by atoms with Crippen LogP contribution >= 0.6 is 0 Å². The molecule has 0 bridgehead atoms. The van der Waals surface area contributed by atoms with Crippen molar-refractivity contribution in [2.75, 3.05) is 35.4 Å². The highest BCUT2D eigenvalue weighted by Crippen LogP contribution is 2.30. The minimum atomic E-state index is -0.797. The molecule has 3 N–H and O–H groups in total. The van der Waals surface area contributed by atoms with Gasteiger partial charge in [-0.3, -0.25) is 19.3 Å². The van der Waals surface area contributed by atoms with Crippen LogP contribution in [-0.4, -0.2) is 63.6 Å². The molecule has 1 saturated heterocycles. The van der Waals surface area contributed by atoms with Crippen LogP contribution in [0.15, 0.2) is 67.5 Å². The zero-order valence-electron chi connectivity index (χ0n) is 26.3. The predicted octanol–water partition coefficient (Wildman–Crippen LogP) is 4.94. The van der Waals surface area contributed by atoms with Gasteiger partial charge in [-0.2, -0.15) is 0 Å². The second-order valence-electron chi connectivity index (χ2n) is 11.2. The fraction of sp³-hybridized carbons (Fsp3) is 0.324. The van der Waals surface area contributed by atoms with Gasteiger partial charge in [0.2, 0.25) is 5.91 Å². The summed E-state index contributed by atoms with van der Waals surface area (Å²) in [6.45, 7) is 9.74. The molecular formula is C34H40N6O6. The molecule has 0 aliphatic carbocycles. The third kappa shape index (κ3) is 8.48. The number of amides is 3. The Balaban J connectivity index is 1.47. The Bertz CT molecular complexity index is 1610. The lowest BCUT2D eigenvalue weighted by Crippen LogP contribution is -2.36. The maximum absolute atomic E-state index is 13.7. The molecule has 46 heavy (non-hydrogen) atoms. The van der Waals surface area contributed by atoms with Crippen molar-refractivity contribution >= 4 is 41.4 Å². The summed E-state index contributed by atoms with van der Waals surface area (Å²) in [5.41, 5.74) is 4.79. The number of aliphatic hydroxyl groups excluding tert-OH is 1. The van der Waals surface area contributed by atoms with Gasteiger partial charge in [0.1, 0.15) is 13.3 Å². The lowest BCUT2D eigenvalue weighted by atomic mass is 9.97. The minimum absolute atomic E-state index is 0.0331. The van der Waals surface area contributed by atoms with E-state index in [2.05, 4.69) is 28.8 Å². The number of nitrogens with one attached hydrogen (secondary N) is 2. The number of nitrogens with zero attached hydrogens (tertiary/aromatic N) is 4. The Morgan fingerprint density at radius 3 is 2.57 bits per heavy atom. The number of imidazole rings is 1. The molecule has 4 rings (SSSR count). The molecule has 242 valence electrons. The lowest BCUT2D eigenvalue weighted by molar-refractivity contribution is -0.116. The quantitative estimate of drug-likeness (QED) is 0.0985. The molecule has 1 fully saturated rings. The van der Waals surface area contributed by atoms with Crippen LogP contribution < -0.4 is 15.5 Å². The first-order valence-electron chi connectivity index (χ1n) is 15.0. The number of carbonyl (C=O) groups excluding carboxylic acids is 4.